The molecule has 2 aromatic rings. The highest BCUT2D eigenvalue weighted by Crippen LogP contribution is 2.19. The van der Waals surface area contributed by atoms with E-state index in [-0.39, 0.29) is 17.6 Å². The van der Waals surface area contributed by atoms with E-state index in [1.807, 2.05) is 24.3 Å². The zero-order chi connectivity index (χ0) is 14.4. The van der Waals surface area contributed by atoms with Crippen molar-refractivity contribution < 1.29 is 9.13 Å². The second kappa shape index (κ2) is 7.06. The van der Waals surface area contributed by atoms with Crippen molar-refractivity contribution in [1.29, 1.82) is 0 Å². The molecule has 0 aliphatic rings. The van der Waals surface area contributed by atoms with Crippen LogP contribution in [0.1, 0.15) is 17.5 Å². The highest BCUT2D eigenvalue weighted by atomic mass is 19.1. The van der Waals surface area contributed by atoms with Crippen molar-refractivity contribution in [2.24, 2.45) is 5.73 Å². The van der Waals surface area contributed by atoms with E-state index in [9.17, 15) is 4.39 Å². The molecule has 2 N–H and O–H groups in total. The van der Waals surface area contributed by atoms with Crippen LogP contribution in [0.2, 0.25) is 0 Å². The van der Waals surface area contributed by atoms with Crippen molar-refractivity contribution in [3.63, 3.8) is 0 Å². The van der Waals surface area contributed by atoms with Crippen molar-refractivity contribution in [1.82, 2.24) is 0 Å². The summed E-state index contributed by atoms with van der Waals surface area (Å²) in [6.45, 7) is 0. The summed E-state index contributed by atoms with van der Waals surface area (Å²) in [5, 5.41) is 0. The molecule has 106 valence electrons. The number of rotatable bonds is 6. The largest absolute Gasteiger partial charge is 0.494 e. The molecule has 0 bridgehead atoms. The lowest BCUT2D eigenvalue weighted by atomic mass is 9.99. The predicted molar refractivity (Wildman–Crippen MR) is 79.4 cm³/mol. The standard InChI is InChI=1S/C17H20FNO/c1-20-17-10-8-14(12-16(17)18)11-15(19)9-7-13-5-3-2-4-6-13/h2-6,8,10,12,15H,7,9,11,19H2,1H3. The highest BCUT2D eigenvalue weighted by molar-refractivity contribution is 5.29. The molecule has 0 saturated heterocycles. The van der Waals surface area contributed by atoms with E-state index in [0.717, 1.165) is 18.4 Å². The SMILES string of the molecule is COc1ccc(CC(N)CCc2ccccc2)cc1F. The number of nitrogens with two attached hydrogens (primary N) is 1. The molecule has 0 spiro atoms. The van der Waals surface area contributed by atoms with Gasteiger partial charge in [0.2, 0.25) is 0 Å². The van der Waals surface area contributed by atoms with Gasteiger partial charge in [0, 0.05) is 6.04 Å². The fourth-order valence-corrected chi connectivity index (χ4v) is 2.24. The number of hydrogen-bond donors (Lipinski definition) is 1. The Labute approximate surface area is 119 Å². The van der Waals surface area contributed by atoms with Crippen LogP contribution in [0.25, 0.3) is 0 Å². The Bertz CT molecular complexity index is 542. The van der Waals surface area contributed by atoms with E-state index in [1.54, 1.807) is 6.07 Å². The van der Waals surface area contributed by atoms with Gasteiger partial charge in [-0.15, -0.1) is 0 Å². The van der Waals surface area contributed by atoms with E-state index in [0.29, 0.717) is 6.42 Å². The van der Waals surface area contributed by atoms with Crippen LogP contribution in [0.5, 0.6) is 5.75 Å². The third kappa shape index (κ3) is 4.07. The van der Waals surface area contributed by atoms with Crippen molar-refractivity contribution in [2.75, 3.05) is 7.11 Å². The Hall–Kier alpha value is -1.87. The fraction of sp³-hybridized carbons (Fsp3) is 0.294. The summed E-state index contributed by atoms with van der Waals surface area (Å²) in [4.78, 5) is 0. The molecule has 1 atom stereocenters. The Morgan fingerprint density at radius 1 is 1.10 bits per heavy atom. The Kier molecular flexibility index (Phi) is 5.13. The van der Waals surface area contributed by atoms with Gasteiger partial charge in [0.05, 0.1) is 7.11 Å². The first-order valence-corrected chi connectivity index (χ1v) is 6.81. The van der Waals surface area contributed by atoms with Gasteiger partial charge in [0.1, 0.15) is 0 Å². The Balaban J connectivity index is 1.88. The smallest absolute Gasteiger partial charge is 0.165 e. The number of benzene rings is 2. The summed E-state index contributed by atoms with van der Waals surface area (Å²) >= 11 is 0. The fourth-order valence-electron chi connectivity index (χ4n) is 2.24. The summed E-state index contributed by atoms with van der Waals surface area (Å²) in [6.07, 6.45) is 2.51. The van der Waals surface area contributed by atoms with Crippen molar-refractivity contribution in [3.8, 4) is 5.75 Å². The van der Waals surface area contributed by atoms with Gasteiger partial charge >= 0.3 is 0 Å². The topological polar surface area (TPSA) is 35.2 Å². The maximum atomic E-state index is 13.6. The van der Waals surface area contributed by atoms with E-state index < -0.39 is 0 Å². The molecule has 2 aromatic carbocycles. The van der Waals surface area contributed by atoms with Crippen molar-refractivity contribution in [2.45, 2.75) is 25.3 Å². The summed E-state index contributed by atoms with van der Waals surface area (Å²) in [7, 11) is 1.46. The predicted octanol–water partition coefficient (Wildman–Crippen LogP) is 3.34. The molecular formula is C17H20FNO. The van der Waals surface area contributed by atoms with Crippen LogP contribution in [0.15, 0.2) is 48.5 Å². The quantitative estimate of drug-likeness (QED) is 0.876. The van der Waals surface area contributed by atoms with Gasteiger partial charge in [0.25, 0.3) is 0 Å². The van der Waals surface area contributed by atoms with Crippen LogP contribution in [-0.2, 0) is 12.8 Å². The molecule has 0 aromatic heterocycles. The highest BCUT2D eigenvalue weighted by Gasteiger charge is 2.08. The minimum atomic E-state index is -0.333. The molecule has 0 aliphatic carbocycles. The average Bonchev–Trinajstić information content (AvgIpc) is 2.46. The van der Waals surface area contributed by atoms with E-state index >= 15 is 0 Å². The zero-order valence-corrected chi connectivity index (χ0v) is 11.7. The maximum Gasteiger partial charge on any atom is 0.165 e. The second-order valence-electron chi connectivity index (χ2n) is 4.96. The Morgan fingerprint density at radius 2 is 1.85 bits per heavy atom. The molecule has 0 aliphatic heterocycles. The molecular weight excluding hydrogens is 253 g/mol. The molecule has 0 heterocycles. The molecule has 1 unspecified atom stereocenters. The first-order chi connectivity index (χ1) is 9.69. The van der Waals surface area contributed by atoms with Crippen LogP contribution in [-0.4, -0.2) is 13.2 Å². The summed E-state index contributed by atoms with van der Waals surface area (Å²) < 4.78 is 18.5. The first kappa shape index (κ1) is 14.5. The van der Waals surface area contributed by atoms with Gasteiger partial charge in [-0.3, -0.25) is 0 Å². The van der Waals surface area contributed by atoms with Gasteiger partial charge in [-0.05, 0) is 42.5 Å². The number of ether oxygens (including phenoxy) is 1. The van der Waals surface area contributed by atoms with Crippen LogP contribution in [0.3, 0.4) is 0 Å². The molecule has 0 saturated carbocycles. The zero-order valence-electron chi connectivity index (χ0n) is 11.7. The van der Waals surface area contributed by atoms with Gasteiger partial charge in [0.15, 0.2) is 11.6 Å². The van der Waals surface area contributed by atoms with Crippen LogP contribution in [0.4, 0.5) is 4.39 Å². The van der Waals surface area contributed by atoms with Crippen LogP contribution < -0.4 is 10.5 Å². The number of hydrogen-bond acceptors (Lipinski definition) is 2. The molecule has 2 rings (SSSR count). The number of methoxy groups -OCH3 is 1. The first-order valence-electron chi connectivity index (χ1n) is 6.81. The lowest BCUT2D eigenvalue weighted by Crippen LogP contribution is -2.23. The van der Waals surface area contributed by atoms with E-state index in [1.165, 1.54) is 18.7 Å². The third-order valence-electron chi connectivity index (χ3n) is 3.36. The lowest BCUT2D eigenvalue weighted by molar-refractivity contribution is 0.386. The minimum absolute atomic E-state index is 0.0306. The summed E-state index contributed by atoms with van der Waals surface area (Å²) in [6, 6.07) is 15.3. The van der Waals surface area contributed by atoms with Crippen LogP contribution >= 0.6 is 0 Å². The van der Waals surface area contributed by atoms with Gasteiger partial charge in [-0.2, -0.15) is 0 Å². The third-order valence-corrected chi connectivity index (χ3v) is 3.36. The molecule has 0 fully saturated rings. The average molecular weight is 273 g/mol. The summed E-state index contributed by atoms with van der Waals surface area (Å²) in [5.74, 6) is -0.0631. The normalized spacial score (nSPS) is 12.2. The van der Waals surface area contributed by atoms with Gasteiger partial charge in [-0.25, -0.2) is 4.39 Å². The monoisotopic (exact) mass is 273 g/mol. The number of aryl methyl sites for hydroxylation is 1. The lowest BCUT2D eigenvalue weighted by Gasteiger charge is -2.12. The van der Waals surface area contributed by atoms with Crippen LogP contribution in [0, 0.1) is 5.82 Å². The second-order valence-corrected chi connectivity index (χ2v) is 4.96. The van der Waals surface area contributed by atoms with Gasteiger partial charge in [-0.1, -0.05) is 36.4 Å². The maximum absolute atomic E-state index is 13.6. The van der Waals surface area contributed by atoms with Crippen molar-refractivity contribution >= 4 is 0 Å². The van der Waals surface area contributed by atoms with E-state index in [4.69, 9.17) is 10.5 Å². The number of halogens is 1. The molecule has 0 radical (unpaired) electrons. The Morgan fingerprint density at radius 3 is 2.50 bits per heavy atom. The molecule has 20 heavy (non-hydrogen) atoms. The molecule has 3 heteroatoms. The van der Waals surface area contributed by atoms with Gasteiger partial charge < -0.3 is 10.5 Å². The molecule has 0 amide bonds. The summed E-state index contributed by atoms with van der Waals surface area (Å²) in [5.41, 5.74) is 8.31. The van der Waals surface area contributed by atoms with Crippen molar-refractivity contribution in [3.05, 3.63) is 65.5 Å². The molecule has 2 nitrogen and oxygen atoms in total. The van der Waals surface area contributed by atoms with E-state index in [2.05, 4.69) is 12.1 Å². The minimum Gasteiger partial charge on any atom is -0.494 e.